The van der Waals surface area contributed by atoms with Crippen molar-refractivity contribution in [2.45, 2.75) is 33.2 Å². The zero-order valence-corrected chi connectivity index (χ0v) is 25.1. The van der Waals surface area contributed by atoms with Crippen LogP contribution in [0.1, 0.15) is 70.7 Å². The number of benzene rings is 4. The molecule has 0 radical (unpaired) electrons. The number of hydrazone groups is 1. The maximum atomic E-state index is 14.3. The molecule has 0 aliphatic carbocycles. The lowest BCUT2D eigenvalue weighted by Crippen LogP contribution is -2.44. The van der Waals surface area contributed by atoms with E-state index < -0.39 is 5.54 Å². The van der Waals surface area contributed by atoms with Crippen molar-refractivity contribution in [3.63, 3.8) is 0 Å². The number of anilines is 2. The summed E-state index contributed by atoms with van der Waals surface area (Å²) in [4.78, 5) is 30.6. The SMILES string of the molecule is CCN(CC)c1ccc2c(c1)Oc1cc(N(CC)CC)ccc1C21c2ccccc2C(=O)N1/N=C/c1ccccc1C=O. The third kappa shape index (κ3) is 4.38. The molecule has 2 aliphatic heterocycles. The van der Waals surface area contributed by atoms with Gasteiger partial charge in [-0.05, 0) is 45.9 Å². The highest BCUT2D eigenvalue weighted by atomic mass is 16.5. The Morgan fingerprint density at radius 1 is 0.721 bits per heavy atom. The average molecular weight is 573 g/mol. The van der Waals surface area contributed by atoms with Crippen LogP contribution < -0.4 is 14.5 Å². The fourth-order valence-electron chi connectivity index (χ4n) is 6.50. The van der Waals surface area contributed by atoms with Gasteiger partial charge in [0.15, 0.2) is 6.29 Å². The first-order valence-corrected chi connectivity index (χ1v) is 15.0. The van der Waals surface area contributed by atoms with Crippen molar-refractivity contribution >= 4 is 29.8 Å². The fourth-order valence-corrected chi connectivity index (χ4v) is 6.50. The summed E-state index contributed by atoms with van der Waals surface area (Å²) in [5, 5.41) is 6.45. The molecule has 7 nitrogen and oxygen atoms in total. The molecule has 7 heteroatoms. The van der Waals surface area contributed by atoms with Gasteiger partial charge in [-0.25, -0.2) is 5.01 Å². The monoisotopic (exact) mass is 572 g/mol. The highest BCUT2D eigenvalue weighted by Crippen LogP contribution is 2.58. The molecule has 218 valence electrons. The molecule has 0 saturated heterocycles. The lowest BCUT2D eigenvalue weighted by molar-refractivity contribution is 0.0675. The third-order valence-corrected chi connectivity index (χ3v) is 8.68. The number of nitrogens with zero attached hydrogens (tertiary/aromatic N) is 4. The normalized spacial score (nSPS) is 14.3. The summed E-state index contributed by atoms with van der Waals surface area (Å²) in [5.41, 5.74) is 5.27. The number of ether oxygens (including phenoxy) is 1. The summed E-state index contributed by atoms with van der Waals surface area (Å²) in [6.07, 6.45) is 2.42. The van der Waals surface area contributed by atoms with Gasteiger partial charge in [0.1, 0.15) is 17.0 Å². The topological polar surface area (TPSA) is 65.5 Å². The van der Waals surface area contributed by atoms with Crippen molar-refractivity contribution in [2.24, 2.45) is 5.10 Å². The van der Waals surface area contributed by atoms with E-state index >= 15 is 0 Å². The lowest BCUT2D eigenvalue weighted by atomic mass is 9.75. The molecular weight excluding hydrogens is 536 g/mol. The van der Waals surface area contributed by atoms with Crippen molar-refractivity contribution in [1.82, 2.24) is 5.01 Å². The molecule has 0 atom stereocenters. The van der Waals surface area contributed by atoms with E-state index in [0.29, 0.717) is 28.2 Å². The largest absolute Gasteiger partial charge is 0.456 e. The summed E-state index contributed by atoms with van der Waals surface area (Å²) >= 11 is 0. The number of aldehydes is 1. The van der Waals surface area contributed by atoms with Gasteiger partial charge in [0, 0.05) is 83.1 Å². The van der Waals surface area contributed by atoms with Crippen molar-refractivity contribution in [1.29, 1.82) is 0 Å². The van der Waals surface area contributed by atoms with E-state index in [1.54, 1.807) is 17.3 Å². The van der Waals surface area contributed by atoms with Crippen molar-refractivity contribution < 1.29 is 14.3 Å². The number of carbonyl (C=O) groups excluding carboxylic acids is 2. The maximum Gasteiger partial charge on any atom is 0.275 e. The molecule has 4 aromatic rings. The van der Waals surface area contributed by atoms with Gasteiger partial charge >= 0.3 is 0 Å². The molecule has 2 aliphatic rings. The van der Waals surface area contributed by atoms with Crippen LogP contribution in [0.2, 0.25) is 0 Å². The Hall–Kier alpha value is -4.91. The number of carbonyl (C=O) groups is 2. The highest BCUT2D eigenvalue weighted by Gasteiger charge is 2.57. The Kier molecular flexibility index (Phi) is 7.48. The van der Waals surface area contributed by atoms with Gasteiger partial charge in [-0.2, -0.15) is 5.10 Å². The molecule has 0 fully saturated rings. The van der Waals surface area contributed by atoms with Crippen molar-refractivity contribution in [3.8, 4) is 11.5 Å². The van der Waals surface area contributed by atoms with Gasteiger partial charge in [0.05, 0.1) is 6.21 Å². The van der Waals surface area contributed by atoms with E-state index in [0.717, 1.165) is 60.5 Å². The van der Waals surface area contributed by atoms with Crippen LogP contribution in [0.15, 0.2) is 90.0 Å². The van der Waals surface area contributed by atoms with Crippen LogP contribution in [0, 0.1) is 0 Å². The van der Waals surface area contributed by atoms with E-state index in [4.69, 9.17) is 9.84 Å². The molecule has 0 bridgehead atoms. The van der Waals surface area contributed by atoms with E-state index in [1.807, 2.05) is 42.5 Å². The molecule has 4 aromatic carbocycles. The number of hydrogen-bond acceptors (Lipinski definition) is 6. The summed E-state index contributed by atoms with van der Waals surface area (Å²) in [6.45, 7) is 12.0. The van der Waals surface area contributed by atoms with E-state index in [9.17, 15) is 9.59 Å². The fraction of sp³-hybridized carbons (Fsp3) is 0.250. The summed E-state index contributed by atoms with van der Waals surface area (Å²) in [5.74, 6) is 1.16. The number of rotatable bonds is 9. The van der Waals surface area contributed by atoms with Crippen LogP contribution in [0.5, 0.6) is 11.5 Å². The van der Waals surface area contributed by atoms with Crippen LogP contribution in [-0.4, -0.2) is 49.6 Å². The standard InChI is InChI=1S/C36H36N4O3/c1-5-38(6-2)27-17-19-31-33(21-27)43-34-22-28(39(7-3)8-4)18-20-32(34)36(31)30-16-12-11-15-29(30)35(42)40(36)37-23-25-13-9-10-14-26(25)24-41/h9-24H,5-8H2,1-4H3/b37-23+. The summed E-state index contributed by atoms with van der Waals surface area (Å²) in [7, 11) is 0. The Labute approximate surface area is 253 Å². The summed E-state index contributed by atoms with van der Waals surface area (Å²) in [6, 6.07) is 27.4. The first-order chi connectivity index (χ1) is 21.0. The first kappa shape index (κ1) is 28.2. The zero-order chi connectivity index (χ0) is 30.1. The van der Waals surface area contributed by atoms with Crippen LogP contribution in [0.3, 0.4) is 0 Å². The molecule has 6 rings (SSSR count). The van der Waals surface area contributed by atoms with Crippen molar-refractivity contribution in [3.05, 3.63) is 118 Å². The quantitative estimate of drug-likeness (QED) is 0.158. The molecule has 0 saturated carbocycles. The molecule has 2 heterocycles. The average Bonchev–Trinajstić information content (AvgIpc) is 3.29. The maximum absolute atomic E-state index is 14.3. The predicted molar refractivity (Wildman–Crippen MR) is 172 cm³/mol. The minimum atomic E-state index is -1.08. The lowest BCUT2D eigenvalue weighted by Gasteiger charge is -2.42. The first-order valence-electron chi connectivity index (χ1n) is 15.0. The summed E-state index contributed by atoms with van der Waals surface area (Å²) < 4.78 is 6.73. The van der Waals surface area contributed by atoms with Gasteiger partial charge in [0.25, 0.3) is 5.91 Å². The third-order valence-electron chi connectivity index (χ3n) is 8.68. The smallest absolute Gasteiger partial charge is 0.275 e. The molecule has 0 aromatic heterocycles. The second-order valence-corrected chi connectivity index (χ2v) is 10.7. The van der Waals surface area contributed by atoms with Crippen LogP contribution in [-0.2, 0) is 5.54 Å². The number of fused-ring (bicyclic) bond motifs is 6. The second-order valence-electron chi connectivity index (χ2n) is 10.7. The van der Waals surface area contributed by atoms with Gasteiger partial charge in [-0.1, -0.05) is 54.6 Å². The Balaban J connectivity index is 1.65. The van der Waals surface area contributed by atoms with Gasteiger partial charge < -0.3 is 14.5 Å². The minimum absolute atomic E-state index is 0.213. The Morgan fingerprint density at radius 2 is 1.26 bits per heavy atom. The van der Waals surface area contributed by atoms with Crippen LogP contribution in [0.25, 0.3) is 0 Å². The van der Waals surface area contributed by atoms with E-state index in [1.165, 1.54) is 0 Å². The van der Waals surface area contributed by atoms with E-state index in [-0.39, 0.29) is 5.91 Å². The minimum Gasteiger partial charge on any atom is -0.456 e. The van der Waals surface area contributed by atoms with Crippen molar-refractivity contribution in [2.75, 3.05) is 36.0 Å². The Morgan fingerprint density at radius 3 is 1.81 bits per heavy atom. The highest BCUT2D eigenvalue weighted by molar-refractivity contribution is 6.03. The second kappa shape index (κ2) is 11.4. The van der Waals surface area contributed by atoms with Gasteiger partial charge in [-0.15, -0.1) is 0 Å². The predicted octanol–water partition coefficient (Wildman–Crippen LogP) is 7.08. The number of amides is 1. The van der Waals surface area contributed by atoms with Gasteiger partial charge in [-0.3, -0.25) is 9.59 Å². The molecule has 1 amide bonds. The van der Waals surface area contributed by atoms with Crippen LogP contribution >= 0.6 is 0 Å². The zero-order valence-electron chi connectivity index (χ0n) is 25.1. The number of hydrogen-bond donors (Lipinski definition) is 0. The van der Waals surface area contributed by atoms with E-state index in [2.05, 4.69) is 73.9 Å². The van der Waals surface area contributed by atoms with Crippen LogP contribution in [0.4, 0.5) is 11.4 Å². The molecule has 0 unspecified atom stereocenters. The molecule has 1 spiro atoms. The Bertz CT molecular complexity index is 1660. The molecule has 43 heavy (non-hydrogen) atoms. The molecular formula is C36H36N4O3. The van der Waals surface area contributed by atoms with Gasteiger partial charge in [0.2, 0.25) is 0 Å². The molecule has 0 N–H and O–H groups in total.